The van der Waals surface area contributed by atoms with E-state index in [0.717, 1.165) is 27.1 Å². The predicted octanol–water partition coefficient (Wildman–Crippen LogP) is 3.84. The summed E-state index contributed by atoms with van der Waals surface area (Å²) in [5.41, 5.74) is 2.73. The van der Waals surface area contributed by atoms with E-state index in [2.05, 4.69) is 15.3 Å². The van der Waals surface area contributed by atoms with E-state index < -0.39 is 0 Å². The fraction of sp³-hybridized carbons (Fsp3) is 0.312. The molecule has 0 aliphatic carbocycles. The Morgan fingerprint density at radius 1 is 1.10 bits per heavy atom. The highest BCUT2D eigenvalue weighted by molar-refractivity contribution is 7.99. The predicted molar refractivity (Wildman–Crippen MR) is 85.5 cm³/mol. The molecule has 0 fully saturated rings. The first-order valence-corrected chi connectivity index (χ1v) is 7.67. The summed E-state index contributed by atoms with van der Waals surface area (Å²) in [6.45, 7) is 7.67. The Hall–Kier alpha value is -1.88. The summed E-state index contributed by atoms with van der Waals surface area (Å²) in [6, 6.07) is 9.66. The number of anilines is 1. The fourth-order valence-electron chi connectivity index (χ4n) is 1.74. The summed E-state index contributed by atoms with van der Waals surface area (Å²) in [5.74, 6) is -0.00392. The summed E-state index contributed by atoms with van der Waals surface area (Å²) >= 11 is 1.51. The van der Waals surface area contributed by atoms with E-state index in [1.807, 2.05) is 58.0 Å². The van der Waals surface area contributed by atoms with E-state index in [4.69, 9.17) is 0 Å². The highest BCUT2D eigenvalue weighted by Crippen LogP contribution is 2.26. The summed E-state index contributed by atoms with van der Waals surface area (Å²) in [4.78, 5) is 21.5. The van der Waals surface area contributed by atoms with Gasteiger partial charge in [0.05, 0.1) is 0 Å². The lowest BCUT2D eigenvalue weighted by molar-refractivity contribution is -0.118. The quantitative estimate of drug-likeness (QED) is 0.872. The number of rotatable bonds is 4. The molecule has 1 aromatic heterocycles. The molecule has 110 valence electrons. The lowest BCUT2D eigenvalue weighted by Crippen LogP contribution is -2.17. The highest BCUT2D eigenvalue weighted by Gasteiger charge is 2.07. The number of benzene rings is 1. The number of hydrogen-bond donors (Lipinski definition) is 1. The number of nitrogens with zero attached hydrogens (tertiary/aromatic N) is 2. The molecule has 0 saturated heterocycles. The summed E-state index contributed by atoms with van der Waals surface area (Å²) in [5, 5.41) is 3.61. The molecule has 2 rings (SSSR count). The normalized spacial score (nSPS) is 10.7. The molecule has 21 heavy (non-hydrogen) atoms. The molecule has 5 heteroatoms. The van der Waals surface area contributed by atoms with Crippen LogP contribution in [0.5, 0.6) is 0 Å². The molecule has 0 aliphatic heterocycles. The van der Waals surface area contributed by atoms with Crippen LogP contribution in [0.4, 0.5) is 5.69 Å². The standard InChI is InChI=1S/C16H19N3OS/c1-10(2)15(20)19-13-5-7-14(8-6-13)21-16-17-11(3)9-12(4)18-16/h5-10H,1-4H3,(H,19,20). The molecule has 0 bridgehead atoms. The van der Waals surface area contributed by atoms with Crippen molar-refractivity contribution in [2.45, 2.75) is 37.7 Å². The SMILES string of the molecule is Cc1cc(C)nc(Sc2ccc(NC(=O)C(C)C)cc2)n1. The van der Waals surface area contributed by atoms with Crippen LogP contribution in [-0.4, -0.2) is 15.9 Å². The first-order chi connectivity index (χ1) is 9.94. The van der Waals surface area contributed by atoms with Crippen LogP contribution in [0.1, 0.15) is 25.2 Å². The molecule has 1 aromatic carbocycles. The van der Waals surface area contributed by atoms with Gasteiger partial charge in [0.2, 0.25) is 5.91 Å². The Bertz CT molecular complexity index is 618. The van der Waals surface area contributed by atoms with E-state index in [-0.39, 0.29) is 11.8 Å². The molecule has 1 amide bonds. The van der Waals surface area contributed by atoms with E-state index in [1.165, 1.54) is 11.8 Å². The lowest BCUT2D eigenvalue weighted by Gasteiger charge is -2.08. The number of carbonyl (C=O) groups is 1. The zero-order valence-electron chi connectivity index (χ0n) is 12.7. The molecular weight excluding hydrogens is 282 g/mol. The van der Waals surface area contributed by atoms with Gasteiger partial charge in [0.1, 0.15) is 0 Å². The van der Waals surface area contributed by atoms with Gasteiger partial charge in [-0.25, -0.2) is 9.97 Å². The van der Waals surface area contributed by atoms with Crippen molar-refractivity contribution in [1.82, 2.24) is 9.97 Å². The Morgan fingerprint density at radius 2 is 1.67 bits per heavy atom. The summed E-state index contributed by atoms with van der Waals surface area (Å²) in [7, 11) is 0. The van der Waals surface area contributed by atoms with E-state index >= 15 is 0 Å². The van der Waals surface area contributed by atoms with Gasteiger partial charge >= 0.3 is 0 Å². The van der Waals surface area contributed by atoms with Crippen molar-refractivity contribution in [1.29, 1.82) is 0 Å². The summed E-state index contributed by atoms with van der Waals surface area (Å²) < 4.78 is 0. The molecule has 0 saturated carbocycles. The zero-order valence-corrected chi connectivity index (χ0v) is 13.5. The topological polar surface area (TPSA) is 54.9 Å². The number of amides is 1. The van der Waals surface area contributed by atoms with Gasteiger partial charge in [-0.2, -0.15) is 0 Å². The van der Waals surface area contributed by atoms with Crippen molar-refractivity contribution < 1.29 is 4.79 Å². The Morgan fingerprint density at radius 3 is 2.19 bits per heavy atom. The van der Waals surface area contributed by atoms with E-state index in [1.54, 1.807) is 0 Å². The van der Waals surface area contributed by atoms with Crippen LogP contribution in [0.3, 0.4) is 0 Å². The molecule has 1 N–H and O–H groups in total. The lowest BCUT2D eigenvalue weighted by atomic mass is 10.2. The van der Waals surface area contributed by atoms with Crippen LogP contribution < -0.4 is 5.32 Å². The van der Waals surface area contributed by atoms with Gasteiger partial charge in [0.25, 0.3) is 0 Å². The summed E-state index contributed by atoms with van der Waals surface area (Å²) in [6.07, 6.45) is 0. The van der Waals surface area contributed by atoms with Crippen molar-refractivity contribution in [3.63, 3.8) is 0 Å². The minimum atomic E-state index is -0.0253. The van der Waals surface area contributed by atoms with E-state index in [9.17, 15) is 4.79 Å². The third-order valence-corrected chi connectivity index (χ3v) is 3.69. The van der Waals surface area contributed by atoms with Gasteiger partial charge < -0.3 is 5.32 Å². The Balaban J connectivity index is 2.07. The number of aromatic nitrogens is 2. The largest absolute Gasteiger partial charge is 0.326 e. The average Bonchev–Trinajstić information content (AvgIpc) is 2.39. The van der Waals surface area contributed by atoms with Crippen LogP contribution in [0.15, 0.2) is 40.4 Å². The second-order valence-corrected chi connectivity index (χ2v) is 6.24. The van der Waals surface area contributed by atoms with Crippen molar-refractivity contribution in [3.05, 3.63) is 41.7 Å². The van der Waals surface area contributed by atoms with Gasteiger partial charge in [-0.15, -0.1) is 0 Å². The van der Waals surface area contributed by atoms with Crippen molar-refractivity contribution in [3.8, 4) is 0 Å². The van der Waals surface area contributed by atoms with Crippen LogP contribution >= 0.6 is 11.8 Å². The maximum atomic E-state index is 11.6. The highest BCUT2D eigenvalue weighted by atomic mass is 32.2. The second kappa shape index (κ2) is 6.72. The molecule has 0 radical (unpaired) electrons. The van der Waals surface area contributed by atoms with Gasteiger partial charge in [-0.05, 0) is 55.9 Å². The van der Waals surface area contributed by atoms with Crippen LogP contribution in [-0.2, 0) is 4.79 Å². The maximum Gasteiger partial charge on any atom is 0.226 e. The molecule has 0 aliphatic rings. The monoisotopic (exact) mass is 301 g/mol. The Kier molecular flexibility index (Phi) is 4.96. The fourth-order valence-corrected chi connectivity index (χ4v) is 2.60. The number of hydrogen-bond acceptors (Lipinski definition) is 4. The third kappa shape index (κ3) is 4.56. The van der Waals surface area contributed by atoms with Crippen molar-refractivity contribution >= 4 is 23.4 Å². The zero-order chi connectivity index (χ0) is 15.4. The maximum absolute atomic E-state index is 11.6. The minimum absolute atomic E-state index is 0.0213. The molecule has 2 aromatic rings. The molecule has 0 atom stereocenters. The number of nitrogens with one attached hydrogen (secondary N) is 1. The molecule has 4 nitrogen and oxygen atoms in total. The molecule has 0 unspecified atom stereocenters. The first kappa shape index (κ1) is 15.5. The smallest absolute Gasteiger partial charge is 0.226 e. The van der Waals surface area contributed by atoms with E-state index in [0.29, 0.717) is 0 Å². The first-order valence-electron chi connectivity index (χ1n) is 6.85. The molecular formula is C16H19N3OS. The Labute approximate surface area is 129 Å². The number of carbonyl (C=O) groups excluding carboxylic acids is 1. The average molecular weight is 301 g/mol. The van der Waals surface area contributed by atoms with Crippen molar-refractivity contribution in [2.75, 3.05) is 5.32 Å². The van der Waals surface area contributed by atoms with Crippen molar-refractivity contribution in [2.24, 2.45) is 5.92 Å². The third-order valence-electron chi connectivity index (χ3n) is 2.82. The minimum Gasteiger partial charge on any atom is -0.326 e. The van der Waals surface area contributed by atoms with Crippen LogP contribution in [0, 0.1) is 19.8 Å². The molecule has 0 spiro atoms. The molecule has 1 heterocycles. The van der Waals surface area contributed by atoms with Gasteiger partial charge in [0, 0.05) is 27.9 Å². The van der Waals surface area contributed by atoms with Gasteiger partial charge in [0.15, 0.2) is 5.16 Å². The van der Waals surface area contributed by atoms with Crippen LogP contribution in [0.25, 0.3) is 0 Å². The number of aryl methyl sites for hydroxylation is 2. The van der Waals surface area contributed by atoms with Gasteiger partial charge in [-0.3, -0.25) is 4.79 Å². The van der Waals surface area contributed by atoms with Gasteiger partial charge in [-0.1, -0.05) is 13.8 Å². The van der Waals surface area contributed by atoms with Crippen LogP contribution in [0.2, 0.25) is 0 Å². The second-order valence-electron chi connectivity index (χ2n) is 5.20.